The lowest BCUT2D eigenvalue weighted by atomic mass is 9.87. The van der Waals surface area contributed by atoms with Gasteiger partial charge < -0.3 is 5.32 Å². The van der Waals surface area contributed by atoms with E-state index in [0.29, 0.717) is 0 Å². The predicted octanol–water partition coefficient (Wildman–Crippen LogP) is 5.64. The Balaban J connectivity index is 2.64. The lowest BCUT2D eigenvalue weighted by Gasteiger charge is -2.24. The molecule has 2 rings (SSSR count). The number of benzene rings is 2. The van der Waals surface area contributed by atoms with Crippen molar-refractivity contribution in [3.8, 4) is 0 Å². The van der Waals surface area contributed by atoms with Crippen molar-refractivity contribution in [2.75, 3.05) is 7.05 Å². The lowest BCUT2D eigenvalue weighted by Crippen LogP contribution is -2.20. The van der Waals surface area contributed by atoms with Crippen molar-refractivity contribution in [2.45, 2.75) is 33.7 Å². The first-order valence-electron chi connectivity index (χ1n) is 7.06. The summed E-state index contributed by atoms with van der Waals surface area (Å²) >= 11 is 9.73. The quantitative estimate of drug-likeness (QED) is 0.740. The van der Waals surface area contributed by atoms with Crippen LogP contribution >= 0.6 is 27.5 Å². The molecule has 1 unspecified atom stereocenters. The zero-order valence-electron chi connectivity index (χ0n) is 13.1. The van der Waals surface area contributed by atoms with Gasteiger partial charge in [0.15, 0.2) is 0 Å². The van der Waals surface area contributed by atoms with Crippen LogP contribution in [0, 0.1) is 27.7 Å². The molecule has 0 aliphatic carbocycles. The largest absolute Gasteiger partial charge is 0.309 e. The molecule has 0 fully saturated rings. The van der Waals surface area contributed by atoms with Crippen molar-refractivity contribution in [1.82, 2.24) is 5.32 Å². The van der Waals surface area contributed by atoms with E-state index in [1.807, 2.05) is 19.2 Å². The van der Waals surface area contributed by atoms with E-state index in [1.54, 1.807) is 0 Å². The standard InChI is InChI=1S/C18H21BrClN/c1-10-8-11(2)13(4)17(12(10)3)18(21-5)14-6-7-15(19)16(20)9-14/h6-9,18,21H,1-5H3. The van der Waals surface area contributed by atoms with Crippen molar-refractivity contribution < 1.29 is 0 Å². The Bertz CT molecular complexity index is 653. The highest BCUT2D eigenvalue weighted by Crippen LogP contribution is 2.34. The molecular weight excluding hydrogens is 346 g/mol. The van der Waals surface area contributed by atoms with Gasteiger partial charge >= 0.3 is 0 Å². The summed E-state index contributed by atoms with van der Waals surface area (Å²) in [5.41, 5.74) is 7.89. The first-order valence-corrected chi connectivity index (χ1v) is 8.23. The molecule has 0 aliphatic heterocycles. The molecular formula is C18H21BrClN. The second kappa shape index (κ2) is 6.51. The van der Waals surface area contributed by atoms with Crippen LogP contribution in [-0.2, 0) is 0 Å². The van der Waals surface area contributed by atoms with Crippen LogP contribution in [0.15, 0.2) is 28.7 Å². The average Bonchev–Trinajstić information content (AvgIpc) is 2.44. The molecule has 0 saturated carbocycles. The molecule has 0 saturated heterocycles. The minimum atomic E-state index is 0.147. The molecule has 1 atom stereocenters. The number of hydrogen-bond donors (Lipinski definition) is 1. The maximum Gasteiger partial charge on any atom is 0.0580 e. The third-order valence-electron chi connectivity index (χ3n) is 4.28. The number of halogens is 2. The van der Waals surface area contributed by atoms with Gasteiger partial charge in [-0.3, -0.25) is 0 Å². The molecule has 1 N–H and O–H groups in total. The molecule has 21 heavy (non-hydrogen) atoms. The monoisotopic (exact) mass is 365 g/mol. The lowest BCUT2D eigenvalue weighted by molar-refractivity contribution is 0.681. The maximum absolute atomic E-state index is 6.27. The van der Waals surface area contributed by atoms with Gasteiger partial charge in [-0.25, -0.2) is 0 Å². The Kier molecular flexibility index (Phi) is 5.13. The summed E-state index contributed by atoms with van der Waals surface area (Å²) in [6.07, 6.45) is 0. The van der Waals surface area contributed by atoms with E-state index in [0.717, 1.165) is 9.50 Å². The van der Waals surface area contributed by atoms with E-state index < -0.39 is 0 Å². The molecule has 2 aromatic carbocycles. The minimum Gasteiger partial charge on any atom is -0.309 e. The van der Waals surface area contributed by atoms with Crippen LogP contribution in [-0.4, -0.2) is 7.05 Å². The van der Waals surface area contributed by atoms with E-state index in [1.165, 1.54) is 33.4 Å². The molecule has 0 spiro atoms. The Labute approximate surface area is 140 Å². The normalized spacial score (nSPS) is 12.5. The van der Waals surface area contributed by atoms with Crippen molar-refractivity contribution in [2.24, 2.45) is 0 Å². The van der Waals surface area contributed by atoms with Gasteiger partial charge in [0.25, 0.3) is 0 Å². The van der Waals surface area contributed by atoms with E-state index in [4.69, 9.17) is 11.6 Å². The van der Waals surface area contributed by atoms with Crippen molar-refractivity contribution in [3.05, 3.63) is 67.1 Å². The molecule has 2 aromatic rings. The zero-order chi connectivity index (χ0) is 15.7. The van der Waals surface area contributed by atoms with Gasteiger partial charge in [0.1, 0.15) is 0 Å². The first-order chi connectivity index (χ1) is 9.86. The van der Waals surface area contributed by atoms with E-state index in [9.17, 15) is 0 Å². The van der Waals surface area contributed by atoms with Gasteiger partial charge in [-0.05, 0) is 96.2 Å². The smallest absolute Gasteiger partial charge is 0.0580 e. The molecule has 0 aliphatic rings. The fourth-order valence-electron chi connectivity index (χ4n) is 2.85. The highest BCUT2D eigenvalue weighted by Gasteiger charge is 2.19. The minimum absolute atomic E-state index is 0.147. The molecule has 1 nitrogen and oxygen atoms in total. The van der Waals surface area contributed by atoms with Crippen molar-refractivity contribution in [3.63, 3.8) is 0 Å². The fraction of sp³-hybridized carbons (Fsp3) is 0.333. The zero-order valence-corrected chi connectivity index (χ0v) is 15.5. The first kappa shape index (κ1) is 16.5. The summed E-state index contributed by atoms with van der Waals surface area (Å²) in [5, 5.41) is 4.19. The van der Waals surface area contributed by atoms with Crippen molar-refractivity contribution >= 4 is 27.5 Å². The van der Waals surface area contributed by atoms with Gasteiger partial charge in [0.2, 0.25) is 0 Å². The molecule has 0 heterocycles. The second-order valence-corrected chi connectivity index (χ2v) is 6.83. The van der Waals surface area contributed by atoms with Gasteiger partial charge in [-0.1, -0.05) is 23.7 Å². The Morgan fingerprint density at radius 3 is 2.05 bits per heavy atom. The Morgan fingerprint density at radius 2 is 1.57 bits per heavy atom. The van der Waals surface area contributed by atoms with E-state index in [2.05, 4.69) is 61.1 Å². The highest BCUT2D eigenvalue weighted by molar-refractivity contribution is 9.10. The van der Waals surface area contributed by atoms with Gasteiger partial charge in [-0.15, -0.1) is 0 Å². The van der Waals surface area contributed by atoms with Crippen LogP contribution in [0.1, 0.15) is 39.4 Å². The molecule has 0 aromatic heterocycles. The fourth-order valence-corrected chi connectivity index (χ4v) is 3.29. The second-order valence-electron chi connectivity index (χ2n) is 5.57. The summed E-state index contributed by atoms with van der Waals surface area (Å²) in [5.74, 6) is 0. The van der Waals surface area contributed by atoms with Crippen LogP contribution < -0.4 is 5.32 Å². The molecule has 112 valence electrons. The Morgan fingerprint density at radius 1 is 1.00 bits per heavy atom. The van der Waals surface area contributed by atoms with Crippen LogP contribution in [0.2, 0.25) is 5.02 Å². The van der Waals surface area contributed by atoms with Crippen LogP contribution in [0.3, 0.4) is 0 Å². The predicted molar refractivity (Wildman–Crippen MR) is 95.4 cm³/mol. The average molecular weight is 367 g/mol. The number of aryl methyl sites for hydroxylation is 2. The third-order valence-corrected chi connectivity index (χ3v) is 5.51. The molecule has 0 amide bonds. The van der Waals surface area contributed by atoms with Crippen LogP contribution in [0.5, 0.6) is 0 Å². The van der Waals surface area contributed by atoms with Crippen LogP contribution in [0.25, 0.3) is 0 Å². The maximum atomic E-state index is 6.27. The van der Waals surface area contributed by atoms with Crippen molar-refractivity contribution in [1.29, 1.82) is 0 Å². The third kappa shape index (κ3) is 3.18. The van der Waals surface area contributed by atoms with Gasteiger partial charge in [0.05, 0.1) is 11.1 Å². The summed E-state index contributed by atoms with van der Waals surface area (Å²) in [4.78, 5) is 0. The van der Waals surface area contributed by atoms with E-state index in [-0.39, 0.29) is 6.04 Å². The Hall–Kier alpha value is -0.830. The summed E-state index contributed by atoms with van der Waals surface area (Å²) < 4.78 is 0.927. The topological polar surface area (TPSA) is 12.0 Å². The number of hydrogen-bond acceptors (Lipinski definition) is 1. The number of rotatable bonds is 3. The highest BCUT2D eigenvalue weighted by atomic mass is 79.9. The van der Waals surface area contributed by atoms with Gasteiger partial charge in [-0.2, -0.15) is 0 Å². The van der Waals surface area contributed by atoms with Gasteiger partial charge in [0, 0.05) is 4.47 Å². The summed E-state index contributed by atoms with van der Waals surface area (Å²) in [6, 6.07) is 8.57. The summed E-state index contributed by atoms with van der Waals surface area (Å²) in [7, 11) is 2.00. The molecule has 0 radical (unpaired) electrons. The van der Waals surface area contributed by atoms with E-state index >= 15 is 0 Å². The number of nitrogens with one attached hydrogen (secondary N) is 1. The SMILES string of the molecule is CNC(c1ccc(Br)c(Cl)c1)c1c(C)c(C)cc(C)c1C. The molecule has 0 bridgehead atoms. The molecule has 3 heteroatoms. The summed E-state index contributed by atoms with van der Waals surface area (Å²) in [6.45, 7) is 8.74. The van der Waals surface area contributed by atoms with Crippen LogP contribution in [0.4, 0.5) is 0 Å².